The molecule has 0 saturated carbocycles. The van der Waals surface area contributed by atoms with E-state index in [0.29, 0.717) is 71.0 Å². The third-order valence-corrected chi connectivity index (χ3v) is 11.3. The van der Waals surface area contributed by atoms with E-state index in [9.17, 15) is 28.8 Å². The van der Waals surface area contributed by atoms with Crippen LogP contribution in [0.1, 0.15) is 87.7 Å². The summed E-state index contributed by atoms with van der Waals surface area (Å²) in [5.41, 5.74) is 14.5. The molecule has 23 heteroatoms. The van der Waals surface area contributed by atoms with E-state index in [2.05, 4.69) is 20.8 Å². The van der Waals surface area contributed by atoms with E-state index in [1.54, 1.807) is 94.5 Å². The third-order valence-electron chi connectivity index (χ3n) is 11.3. The molecule has 6 amide bonds. The molecule has 5 heterocycles. The second-order valence-electron chi connectivity index (χ2n) is 17.6. The van der Waals surface area contributed by atoms with Crippen molar-refractivity contribution < 1.29 is 43.0 Å². The van der Waals surface area contributed by atoms with Gasteiger partial charge in [0.1, 0.15) is 52.7 Å². The van der Waals surface area contributed by atoms with Crippen molar-refractivity contribution in [3.63, 3.8) is 0 Å². The van der Waals surface area contributed by atoms with Gasteiger partial charge in [-0.3, -0.25) is 48.9 Å². The molecule has 23 nitrogen and oxygen atoms in total. The number of nitrogens with two attached hydrogens (primary N) is 2. The van der Waals surface area contributed by atoms with Crippen LogP contribution in [-0.4, -0.2) is 130 Å². The number of methoxy groups -OCH3 is 1. The van der Waals surface area contributed by atoms with Crippen LogP contribution in [0.4, 0.5) is 16.7 Å². The maximum absolute atomic E-state index is 13.9. The third kappa shape index (κ3) is 11.4. The van der Waals surface area contributed by atoms with Gasteiger partial charge in [-0.05, 0) is 90.9 Å². The van der Waals surface area contributed by atoms with Crippen molar-refractivity contribution in [3.05, 3.63) is 94.6 Å². The van der Waals surface area contributed by atoms with Crippen LogP contribution in [0.15, 0.2) is 60.7 Å². The average Bonchev–Trinajstić information content (AvgIpc) is 4.08. The molecule has 0 atom stereocenters. The lowest BCUT2D eigenvalue weighted by Crippen LogP contribution is -2.53. The average molecular weight is 975 g/mol. The predicted octanol–water partition coefficient (Wildman–Crippen LogP) is 4.42. The minimum absolute atomic E-state index is 0.00116. The molecule has 1 aliphatic heterocycles. The number of ether oxygens (including phenoxy) is 3. The molecule has 6 N–H and O–H groups in total. The quantitative estimate of drug-likeness (QED) is 0.0870. The maximum Gasteiger partial charge on any atom is 0.410 e. The Kier molecular flexibility index (Phi) is 14.9. The van der Waals surface area contributed by atoms with Gasteiger partial charge in [-0.25, -0.2) is 14.8 Å². The van der Waals surface area contributed by atoms with Gasteiger partial charge >= 0.3 is 6.09 Å². The summed E-state index contributed by atoms with van der Waals surface area (Å²) in [5.74, 6) is -1.83. The van der Waals surface area contributed by atoms with Gasteiger partial charge in [-0.15, -0.1) is 0 Å². The molecule has 0 bridgehead atoms. The summed E-state index contributed by atoms with van der Waals surface area (Å²) >= 11 is 0. The highest BCUT2D eigenvalue weighted by molar-refractivity contribution is 6.05. The van der Waals surface area contributed by atoms with Crippen molar-refractivity contribution in [3.8, 4) is 11.5 Å². The Morgan fingerprint density at radius 1 is 0.704 bits per heavy atom. The Bertz CT molecular complexity index is 3110. The van der Waals surface area contributed by atoms with E-state index in [1.165, 1.54) is 36.3 Å². The Morgan fingerprint density at radius 3 is 1.66 bits per heavy atom. The van der Waals surface area contributed by atoms with Crippen LogP contribution in [0.3, 0.4) is 0 Å². The lowest BCUT2D eigenvalue weighted by Gasteiger charge is -2.34. The van der Waals surface area contributed by atoms with Crippen LogP contribution < -0.4 is 31.6 Å². The van der Waals surface area contributed by atoms with Crippen molar-refractivity contribution in [1.82, 2.24) is 48.5 Å². The second-order valence-corrected chi connectivity index (χ2v) is 17.6. The molecule has 2 aromatic carbocycles. The summed E-state index contributed by atoms with van der Waals surface area (Å²) in [6, 6.07) is 9.34. The number of nitrogens with one attached hydrogen (secondary N) is 2. The number of carbonyl (C=O) groups excluding carboxylic acids is 6. The molecular formula is C48H58N14O9. The molecule has 0 unspecified atom stereocenters. The van der Waals surface area contributed by atoms with Crippen molar-refractivity contribution in [1.29, 1.82) is 0 Å². The molecule has 71 heavy (non-hydrogen) atoms. The molecule has 7 rings (SSSR count). The second kappa shape index (κ2) is 21.0. The summed E-state index contributed by atoms with van der Waals surface area (Å²) in [6.45, 7) is 14.5. The number of hydrogen-bond acceptors (Lipinski definition) is 13. The molecular weight excluding hydrogens is 917 g/mol. The fourth-order valence-corrected chi connectivity index (χ4v) is 7.98. The molecule has 1 fully saturated rings. The van der Waals surface area contributed by atoms with Crippen molar-refractivity contribution in [2.24, 2.45) is 11.5 Å². The zero-order valence-electron chi connectivity index (χ0n) is 40.9. The van der Waals surface area contributed by atoms with Gasteiger partial charge in [-0.2, -0.15) is 10.2 Å². The van der Waals surface area contributed by atoms with Crippen LogP contribution in [0.2, 0.25) is 0 Å². The summed E-state index contributed by atoms with van der Waals surface area (Å²) in [5, 5.41) is 14.6. The number of piperazine rings is 1. The minimum Gasteiger partial charge on any atom is -0.494 e. The highest BCUT2D eigenvalue weighted by Crippen LogP contribution is 2.33. The molecule has 0 aliphatic carbocycles. The first kappa shape index (κ1) is 50.4. The topological polar surface area (TPSA) is 284 Å². The van der Waals surface area contributed by atoms with E-state index in [0.717, 1.165) is 0 Å². The smallest absolute Gasteiger partial charge is 0.410 e. The SMILES string of the molecule is CCn1nc(C)cc1C(=O)Nc1nc2cc(C(N)=O)cc(OC)c2n1C/C=C/Cn1c(NC(=O)c2cc(C)nn2CC)nc2cc(C(N)=O)cc(OC/C=C/CN3CCN(C(=O)OC(C)(C)C)CC3=O)c21. The summed E-state index contributed by atoms with van der Waals surface area (Å²) in [7, 11) is 1.44. The van der Waals surface area contributed by atoms with E-state index in [-0.39, 0.29) is 73.2 Å². The number of fused-ring (bicyclic) bond motifs is 2. The number of aromatic nitrogens is 8. The first-order valence-electron chi connectivity index (χ1n) is 22.9. The zero-order chi connectivity index (χ0) is 51.3. The minimum atomic E-state index is -0.734. The number of nitrogens with zero attached hydrogens (tertiary/aromatic N) is 10. The van der Waals surface area contributed by atoms with Gasteiger partial charge < -0.3 is 39.7 Å². The Labute approximate surface area is 408 Å². The number of hydrogen-bond donors (Lipinski definition) is 4. The van der Waals surface area contributed by atoms with Gasteiger partial charge in [0.25, 0.3) is 11.8 Å². The van der Waals surface area contributed by atoms with Crippen molar-refractivity contribution in [2.75, 3.05) is 50.5 Å². The fourth-order valence-electron chi connectivity index (χ4n) is 7.98. The lowest BCUT2D eigenvalue weighted by molar-refractivity contribution is -0.135. The van der Waals surface area contributed by atoms with Crippen LogP contribution in [0, 0.1) is 13.8 Å². The summed E-state index contributed by atoms with van der Waals surface area (Å²) in [4.78, 5) is 90.5. The van der Waals surface area contributed by atoms with E-state index < -0.39 is 35.3 Å². The number of aryl methyl sites for hydroxylation is 4. The summed E-state index contributed by atoms with van der Waals surface area (Å²) in [6.07, 6.45) is 6.55. The largest absolute Gasteiger partial charge is 0.494 e. The Morgan fingerprint density at radius 2 is 1.20 bits per heavy atom. The number of primary amides is 2. The Hall–Kier alpha value is -8.50. The van der Waals surface area contributed by atoms with Gasteiger partial charge in [-0.1, -0.05) is 18.2 Å². The standard InChI is InChI=1S/C48H58N14O9/c1-9-61-34(21-28(3)55-61)43(66)53-45-51-32-23-30(41(49)64)25-36(69-8)39(32)59(45)16-11-12-17-60-40-33(52-46(60)54-44(67)35-22-29(4)56-62(35)10-2)24-31(42(50)65)26-37(40)70-20-14-13-15-57-18-19-58(27-38(57)63)47(68)71-48(5,6)7/h11-14,21-26H,9-10,15-20,27H2,1-8H3,(H2,49,64)(H2,50,65)(H,51,53,66)(H,52,54,67)/b12-11+,14-13+. The Balaban J connectivity index is 1.20. The molecule has 6 aromatic rings. The van der Waals surface area contributed by atoms with Gasteiger partial charge in [0, 0.05) is 56.9 Å². The molecule has 0 spiro atoms. The van der Waals surface area contributed by atoms with E-state index in [4.69, 9.17) is 35.6 Å². The predicted molar refractivity (Wildman–Crippen MR) is 262 cm³/mol. The van der Waals surface area contributed by atoms with Crippen molar-refractivity contribution >= 4 is 69.6 Å². The molecule has 374 valence electrons. The molecule has 1 saturated heterocycles. The lowest BCUT2D eigenvalue weighted by atomic mass is 10.1. The number of anilines is 2. The number of allylic oxidation sites excluding steroid dienone is 2. The van der Waals surface area contributed by atoms with Gasteiger partial charge in [0.05, 0.1) is 29.5 Å². The van der Waals surface area contributed by atoms with Gasteiger partial charge in [0.2, 0.25) is 29.6 Å². The maximum atomic E-state index is 13.9. The van der Waals surface area contributed by atoms with Crippen LogP contribution in [0.5, 0.6) is 11.5 Å². The van der Waals surface area contributed by atoms with Gasteiger partial charge in [0.15, 0.2) is 0 Å². The van der Waals surface area contributed by atoms with Crippen molar-refractivity contribution in [2.45, 2.75) is 80.2 Å². The van der Waals surface area contributed by atoms with Crippen LogP contribution >= 0.6 is 0 Å². The monoisotopic (exact) mass is 974 g/mol. The number of imidazole rings is 2. The molecule has 0 radical (unpaired) electrons. The van der Waals surface area contributed by atoms with E-state index >= 15 is 0 Å². The first-order valence-corrected chi connectivity index (χ1v) is 22.9. The normalized spacial score (nSPS) is 13.2. The number of amides is 6. The van der Waals surface area contributed by atoms with Crippen LogP contribution in [0.25, 0.3) is 22.1 Å². The first-order chi connectivity index (χ1) is 33.8. The number of carbonyl (C=O) groups is 6. The van der Waals surface area contributed by atoms with Crippen LogP contribution in [-0.2, 0) is 35.7 Å². The number of rotatable bonds is 18. The van der Waals surface area contributed by atoms with E-state index in [1.807, 2.05) is 13.8 Å². The fraction of sp³-hybridized carbons (Fsp3) is 0.375. The number of benzene rings is 2. The highest BCUT2D eigenvalue weighted by atomic mass is 16.6. The molecule has 1 aliphatic rings. The highest BCUT2D eigenvalue weighted by Gasteiger charge is 2.30. The zero-order valence-corrected chi connectivity index (χ0v) is 40.9. The molecule has 4 aromatic heterocycles. The summed E-state index contributed by atoms with van der Waals surface area (Å²) < 4.78 is 24.0.